The zero-order valence-corrected chi connectivity index (χ0v) is 17.7. The fourth-order valence-corrected chi connectivity index (χ4v) is 3.52. The first-order valence-electron chi connectivity index (χ1n) is 10.2. The molecule has 4 rings (SSSR count). The monoisotopic (exact) mass is 429 g/mol. The second-order valence-corrected chi connectivity index (χ2v) is 7.26. The number of nitrogens with one attached hydrogen (secondary N) is 2. The molecule has 0 bridgehead atoms. The highest BCUT2D eigenvalue weighted by atomic mass is 35.5. The summed E-state index contributed by atoms with van der Waals surface area (Å²) in [4.78, 5) is 14.7. The van der Waals surface area contributed by atoms with Crippen LogP contribution in [-0.4, -0.2) is 50.1 Å². The Labute approximate surface area is 183 Å². The van der Waals surface area contributed by atoms with Crippen molar-refractivity contribution in [3.05, 3.63) is 66.1 Å². The van der Waals surface area contributed by atoms with Gasteiger partial charge in [0.1, 0.15) is 18.1 Å². The van der Waals surface area contributed by atoms with Crippen molar-refractivity contribution in [1.82, 2.24) is 15.5 Å². The van der Waals surface area contributed by atoms with Gasteiger partial charge in [0.15, 0.2) is 5.76 Å². The van der Waals surface area contributed by atoms with Crippen molar-refractivity contribution in [2.75, 3.05) is 39.3 Å². The first kappa shape index (κ1) is 22.2. The Hall–Kier alpha value is -2.54. The summed E-state index contributed by atoms with van der Waals surface area (Å²) < 4.78 is 11.5. The number of fused-ring (bicyclic) bond motifs is 1. The van der Waals surface area contributed by atoms with Crippen LogP contribution in [0.25, 0.3) is 10.8 Å². The topological polar surface area (TPSA) is 66.7 Å². The quantitative estimate of drug-likeness (QED) is 0.537. The number of hydrogen-bond donors (Lipinski definition) is 2. The molecule has 2 heterocycles. The van der Waals surface area contributed by atoms with E-state index in [2.05, 4.69) is 27.7 Å². The third-order valence-corrected chi connectivity index (χ3v) is 5.13. The smallest absolute Gasteiger partial charge is 0.286 e. The molecular weight excluding hydrogens is 402 g/mol. The lowest BCUT2D eigenvalue weighted by Crippen LogP contribution is -2.44. The van der Waals surface area contributed by atoms with E-state index in [1.807, 2.05) is 30.3 Å². The third-order valence-electron chi connectivity index (χ3n) is 5.13. The molecular formula is C23H28ClN3O3. The number of nitrogens with zero attached hydrogens (tertiary/aromatic N) is 1. The maximum Gasteiger partial charge on any atom is 0.286 e. The molecule has 0 saturated carbocycles. The zero-order valence-electron chi connectivity index (χ0n) is 16.9. The van der Waals surface area contributed by atoms with E-state index in [-0.39, 0.29) is 24.9 Å². The lowest BCUT2D eigenvalue weighted by atomic mass is 10.1. The zero-order chi connectivity index (χ0) is 19.9. The van der Waals surface area contributed by atoms with Crippen LogP contribution in [0.4, 0.5) is 0 Å². The van der Waals surface area contributed by atoms with Gasteiger partial charge in [-0.1, -0.05) is 30.3 Å². The molecule has 1 aliphatic rings. The number of piperazine rings is 1. The number of amides is 1. The van der Waals surface area contributed by atoms with Crippen molar-refractivity contribution in [3.8, 4) is 5.75 Å². The predicted octanol–water partition coefficient (Wildman–Crippen LogP) is 3.46. The maximum atomic E-state index is 12.3. The molecule has 30 heavy (non-hydrogen) atoms. The minimum atomic E-state index is -0.178. The molecule has 1 aromatic heterocycles. The molecule has 1 aliphatic heterocycles. The molecule has 1 amide bonds. The Morgan fingerprint density at radius 2 is 1.87 bits per heavy atom. The SMILES string of the molecule is Cl.O=C(NCCCN1CCNCC1)c1ccc(COc2ccc3ccccc3c2)o1. The number of hydrogen-bond acceptors (Lipinski definition) is 5. The molecule has 0 radical (unpaired) electrons. The standard InChI is InChI=1S/C23H27N3O3.ClH/c27-23(25-10-3-13-26-14-11-24-12-15-26)22-9-8-21(29-22)17-28-20-7-6-18-4-1-2-5-19(18)16-20;/h1-2,4-9,16,24H,3,10-15,17H2,(H,25,27);1H. The average Bonchev–Trinajstić information content (AvgIpc) is 3.25. The van der Waals surface area contributed by atoms with Crippen LogP contribution < -0.4 is 15.4 Å². The van der Waals surface area contributed by atoms with E-state index >= 15 is 0 Å². The van der Waals surface area contributed by atoms with Crippen molar-refractivity contribution in [2.24, 2.45) is 0 Å². The van der Waals surface area contributed by atoms with Gasteiger partial charge in [-0.25, -0.2) is 0 Å². The van der Waals surface area contributed by atoms with Gasteiger partial charge in [0.2, 0.25) is 0 Å². The Morgan fingerprint density at radius 1 is 1.07 bits per heavy atom. The van der Waals surface area contributed by atoms with E-state index in [1.165, 1.54) is 5.39 Å². The van der Waals surface area contributed by atoms with Crippen LogP contribution in [0, 0.1) is 0 Å². The largest absolute Gasteiger partial charge is 0.486 e. The fourth-order valence-electron chi connectivity index (χ4n) is 3.52. The number of benzene rings is 2. The molecule has 6 nitrogen and oxygen atoms in total. The Morgan fingerprint density at radius 3 is 2.70 bits per heavy atom. The molecule has 0 atom stereocenters. The van der Waals surface area contributed by atoms with Crippen LogP contribution in [0.1, 0.15) is 22.7 Å². The van der Waals surface area contributed by atoms with Crippen molar-refractivity contribution in [1.29, 1.82) is 0 Å². The van der Waals surface area contributed by atoms with Crippen molar-refractivity contribution >= 4 is 29.1 Å². The highest BCUT2D eigenvalue weighted by Gasteiger charge is 2.12. The number of ether oxygens (including phenoxy) is 1. The van der Waals surface area contributed by atoms with Crippen molar-refractivity contribution in [2.45, 2.75) is 13.0 Å². The normalized spacial score (nSPS) is 14.3. The molecule has 3 aromatic rings. The summed E-state index contributed by atoms with van der Waals surface area (Å²) in [5.41, 5.74) is 0. The van der Waals surface area contributed by atoms with E-state index in [1.54, 1.807) is 12.1 Å². The van der Waals surface area contributed by atoms with E-state index in [0.29, 0.717) is 18.1 Å². The van der Waals surface area contributed by atoms with E-state index in [4.69, 9.17) is 9.15 Å². The molecule has 1 saturated heterocycles. The van der Waals surface area contributed by atoms with Crippen LogP contribution in [0.3, 0.4) is 0 Å². The minimum absolute atomic E-state index is 0. The highest BCUT2D eigenvalue weighted by molar-refractivity contribution is 5.91. The molecule has 0 aliphatic carbocycles. The number of carbonyl (C=O) groups excluding carboxylic acids is 1. The van der Waals surface area contributed by atoms with Crippen LogP contribution in [0.2, 0.25) is 0 Å². The summed E-state index contributed by atoms with van der Waals surface area (Å²) in [6.07, 6.45) is 0.935. The molecule has 7 heteroatoms. The number of furan rings is 1. The molecule has 2 N–H and O–H groups in total. The van der Waals surface area contributed by atoms with E-state index < -0.39 is 0 Å². The van der Waals surface area contributed by atoms with Crippen LogP contribution in [0.5, 0.6) is 5.75 Å². The first-order chi connectivity index (χ1) is 14.3. The number of carbonyl (C=O) groups is 1. The predicted molar refractivity (Wildman–Crippen MR) is 120 cm³/mol. The third kappa shape index (κ3) is 5.98. The van der Waals surface area contributed by atoms with Gasteiger partial charge in [0.25, 0.3) is 5.91 Å². The Kier molecular flexibility index (Phi) is 8.13. The van der Waals surface area contributed by atoms with Crippen LogP contribution in [-0.2, 0) is 6.61 Å². The molecule has 0 spiro atoms. The fraction of sp³-hybridized carbons (Fsp3) is 0.348. The van der Waals surface area contributed by atoms with E-state index in [0.717, 1.165) is 50.3 Å². The minimum Gasteiger partial charge on any atom is -0.486 e. The molecule has 0 unspecified atom stereocenters. The van der Waals surface area contributed by atoms with E-state index in [9.17, 15) is 4.79 Å². The van der Waals surface area contributed by atoms with Gasteiger partial charge in [-0.15, -0.1) is 12.4 Å². The van der Waals surface area contributed by atoms with Crippen LogP contribution in [0.15, 0.2) is 59.0 Å². The number of rotatable bonds is 8. The Bertz CT molecular complexity index is 954. The van der Waals surface area contributed by atoms with Crippen LogP contribution >= 0.6 is 12.4 Å². The van der Waals surface area contributed by atoms with Gasteiger partial charge in [0.05, 0.1) is 0 Å². The Balaban J connectivity index is 0.00000256. The second-order valence-electron chi connectivity index (χ2n) is 7.26. The summed E-state index contributed by atoms with van der Waals surface area (Å²) in [7, 11) is 0. The van der Waals surface area contributed by atoms with Gasteiger partial charge < -0.3 is 24.7 Å². The lowest BCUT2D eigenvalue weighted by molar-refractivity contribution is 0.0919. The highest BCUT2D eigenvalue weighted by Crippen LogP contribution is 2.21. The molecule has 2 aromatic carbocycles. The van der Waals surface area contributed by atoms with Gasteiger partial charge >= 0.3 is 0 Å². The summed E-state index contributed by atoms with van der Waals surface area (Å²) in [5, 5.41) is 8.58. The van der Waals surface area contributed by atoms with Gasteiger partial charge in [-0.2, -0.15) is 0 Å². The molecule has 1 fully saturated rings. The summed E-state index contributed by atoms with van der Waals surface area (Å²) in [5.74, 6) is 1.55. The van der Waals surface area contributed by atoms with Gasteiger partial charge in [0, 0.05) is 32.7 Å². The molecule has 160 valence electrons. The maximum absolute atomic E-state index is 12.3. The summed E-state index contributed by atoms with van der Waals surface area (Å²) in [6, 6.07) is 17.6. The average molecular weight is 430 g/mol. The van der Waals surface area contributed by atoms with Gasteiger partial charge in [-0.05, 0) is 48.0 Å². The van der Waals surface area contributed by atoms with Gasteiger partial charge in [-0.3, -0.25) is 4.79 Å². The summed E-state index contributed by atoms with van der Waals surface area (Å²) in [6.45, 7) is 6.18. The van der Waals surface area contributed by atoms with Crippen molar-refractivity contribution < 1.29 is 13.9 Å². The van der Waals surface area contributed by atoms with Crippen molar-refractivity contribution in [3.63, 3.8) is 0 Å². The summed E-state index contributed by atoms with van der Waals surface area (Å²) >= 11 is 0. The number of halogens is 1. The second kappa shape index (κ2) is 11.0. The lowest BCUT2D eigenvalue weighted by Gasteiger charge is -2.26. The first-order valence-corrected chi connectivity index (χ1v) is 10.2.